The van der Waals surface area contributed by atoms with E-state index in [4.69, 9.17) is 22.4 Å². The van der Waals surface area contributed by atoms with E-state index in [1.165, 1.54) is 0 Å². The Morgan fingerprint density at radius 2 is 2.32 bits per heavy atom. The fraction of sp³-hybridized carbons (Fsp3) is 0.500. The number of carboxylic acid groups (broad SMARTS) is 1. The maximum atomic E-state index is 10.3. The maximum absolute atomic E-state index is 10.3. The topological polar surface area (TPSA) is 100 Å². The molecule has 7 heteroatoms. The number of rotatable bonds is 7. The maximum Gasteiger partial charge on any atom is 0.404 e. The number of amides is 1. The molecular formula is C12H19ClN4O2. The second-order valence-corrected chi connectivity index (χ2v) is 4.70. The molecular weight excluding hydrogens is 268 g/mol. The number of nitrogens with one attached hydrogen (secondary N) is 2. The van der Waals surface area contributed by atoms with Gasteiger partial charge in [-0.05, 0) is 32.3 Å². The number of nitrogens with zero attached hydrogens (tertiary/aromatic N) is 1. The Labute approximate surface area is 117 Å². The van der Waals surface area contributed by atoms with Crippen molar-refractivity contribution >= 4 is 29.1 Å². The Morgan fingerprint density at radius 3 is 2.95 bits per heavy atom. The van der Waals surface area contributed by atoms with Crippen LogP contribution in [0.2, 0.25) is 5.15 Å². The predicted octanol–water partition coefficient (Wildman–Crippen LogP) is 2.56. The molecule has 6 nitrogen and oxygen atoms in total. The van der Waals surface area contributed by atoms with Crippen LogP contribution in [0.25, 0.3) is 0 Å². The van der Waals surface area contributed by atoms with E-state index >= 15 is 0 Å². The summed E-state index contributed by atoms with van der Waals surface area (Å²) in [5, 5.41) is 14.3. The normalized spacial score (nSPS) is 11.9. The highest BCUT2D eigenvalue weighted by Gasteiger charge is 2.09. The van der Waals surface area contributed by atoms with Gasteiger partial charge in [0.1, 0.15) is 0 Å². The molecule has 1 aromatic heterocycles. The molecule has 0 fully saturated rings. The first-order valence-corrected chi connectivity index (χ1v) is 6.51. The molecule has 0 radical (unpaired) electrons. The molecule has 19 heavy (non-hydrogen) atoms. The smallest absolute Gasteiger partial charge is 0.404 e. The SMILES string of the molecule is C[C@@H](CCCCNC(=O)O)Nc1c(N)ccnc1Cl. The lowest BCUT2D eigenvalue weighted by molar-refractivity contribution is 0.194. The molecule has 0 aromatic carbocycles. The Hall–Kier alpha value is -1.69. The molecule has 5 N–H and O–H groups in total. The van der Waals surface area contributed by atoms with E-state index in [1.807, 2.05) is 6.92 Å². The summed E-state index contributed by atoms with van der Waals surface area (Å²) in [7, 11) is 0. The minimum absolute atomic E-state index is 0.189. The number of pyridine rings is 1. The molecule has 0 bridgehead atoms. The Morgan fingerprint density at radius 1 is 1.58 bits per heavy atom. The van der Waals surface area contributed by atoms with Gasteiger partial charge in [-0.25, -0.2) is 9.78 Å². The van der Waals surface area contributed by atoms with Crippen molar-refractivity contribution in [1.82, 2.24) is 10.3 Å². The summed E-state index contributed by atoms with van der Waals surface area (Å²) in [6.07, 6.45) is 3.18. The van der Waals surface area contributed by atoms with Gasteiger partial charge in [0, 0.05) is 18.8 Å². The molecule has 0 unspecified atom stereocenters. The second kappa shape index (κ2) is 7.68. The van der Waals surface area contributed by atoms with E-state index in [9.17, 15) is 4.79 Å². The van der Waals surface area contributed by atoms with Gasteiger partial charge < -0.3 is 21.5 Å². The Kier molecular flexibility index (Phi) is 6.21. The fourth-order valence-electron chi connectivity index (χ4n) is 1.68. The standard InChI is InChI=1S/C12H19ClN4O2/c1-8(4-2-3-6-16-12(18)19)17-10-9(14)5-7-15-11(10)13/h5,7-8,16-17H,2-4,6H2,1H3,(H2,14,15)(H,18,19)/t8-/m0/s1. The zero-order valence-corrected chi connectivity index (χ0v) is 11.6. The summed E-state index contributed by atoms with van der Waals surface area (Å²) in [6.45, 7) is 2.49. The molecule has 1 rings (SSSR count). The highest BCUT2D eigenvalue weighted by molar-refractivity contribution is 6.32. The van der Waals surface area contributed by atoms with E-state index < -0.39 is 6.09 Å². The van der Waals surface area contributed by atoms with E-state index in [0.29, 0.717) is 23.1 Å². The van der Waals surface area contributed by atoms with Gasteiger partial charge in [0.05, 0.1) is 11.4 Å². The van der Waals surface area contributed by atoms with Crippen molar-refractivity contribution < 1.29 is 9.90 Å². The van der Waals surface area contributed by atoms with Gasteiger partial charge in [0.2, 0.25) is 0 Å². The molecule has 0 aliphatic carbocycles. The third kappa shape index (κ3) is 5.65. The molecule has 106 valence electrons. The quantitative estimate of drug-likeness (QED) is 0.456. The van der Waals surface area contributed by atoms with E-state index in [0.717, 1.165) is 19.3 Å². The number of unbranched alkanes of at least 4 members (excludes halogenated alkanes) is 1. The van der Waals surface area contributed by atoms with Crippen LogP contribution in [0.1, 0.15) is 26.2 Å². The summed E-state index contributed by atoms with van der Waals surface area (Å²) in [4.78, 5) is 14.2. The van der Waals surface area contributed by atoms with Crippen molar-refractivity contribution in [2.75, 3.05) is 17.6 Å². The van der Waals surface area contributed by atoms with Gasteiger partial charge in [-0.1, -0.05) is 11.6 Å². The molecule has 0 saturated carbocycles. The summed E-state index contributed by atoms with van der Waals surface area (Å²) >= 11 is 5.96. The molecule has 0 spiro atoms. The van der Waals surface area contributed by atoms with Crippen LogP contribution in [0.3, 0.4) is 0 Å². The molecule has 1 amide bonds. The number of carbonyl (C=O) groups is 1. The van der Waals surface area contributed by atoms with Gasteiger partial charge >= 0.3 is 6.09 Å². The lowest BCUT2D eigenvalue weighted by Gasteiger charge is -2.17. The minimum atomic E-state index is -0.985. The average Bonchev–Trinajstić information content (AvgIpc) is 2.33. The van der Waals surface area contributed by atoms with Crippen LogP contribution in [0, 0.1) is 0 Å². The largest absolute Gasteiger partial charge is 0.465 e. The number of hydrogen-bond acceptors (Lipinski definition) is 4. The Bertz CT molecular complexity index is 408. The minimum Gasteiger partial charge on any atom is -0.465 e. The van der Waals surface area contributed by atoms with Crippen LogP contribution in [0.4, 0.5) is 16.2 Å². The molecule has 0 aliphatic rings. The number of aromatic nitrogens is 1. The third-order valence-electron chi connectivity index (χ3n) is 2.67. The molecule has 1 atom stereocenters. The van der Waals surface area contributed by atoms with Crippen LogP contribution in [-0.2, 0) is 0 Å². The van der Waals surface area contributed by atoms with Crippen molar-refractivity contribution in [1.29, 1.82) is 0 Å². The van der Waals surface area contributed by atoms with Crippen molar-refractivity contribution in [3.8, 4) is 0 Å². The van der Waals surface area contributed by atoms with Gasteiger partial charge in [-0.15, -0.1) is 0 Å². The Balaban J connectivity index is 2.31. The first-order chi connectivity index (χ1) is 9.00. The second-order valence-electron chi connectivity index (χ2n) is 4.34. The lowest BCUT2D eigenvalue weighted by atomic mass is 10.1. The van der Waals surface area contributed by atoms with Crippen LogP contribution < -0.4 is 16.4 Å². The van der Waals surface area contributed by atoms with E-state index in [-0.39, 0.29) is 6.04 Å². The van der Waals surface area contributed by atoms with Gasteiger partial charge in [-0.3, -0.25) is 0 Å². The fourth-order valence-corrected chi connectivity index (χ4v) is 1.90. The third-order valence-corrected chi connectivity index (χ3v) is 2.95. The van der Waals surface area contributed by atoms with Gasteiger partial charge in [-0.2, -0.15) is 0 Å². The van der Waals surface area contributed by atoms with Crippen molar-refractivity contribution in [3.63, 3.8) is 0 Å². The van der Waals surface area contributed by atoms with Crippen molar-refractivity contribution in [3.05, 3.63) is 17.4 Å². The van der Waals surface area contributed by atoms with E-state index in [1.54, 1.807) is 12.3 Å². The summed E-state index contributed by atoms with van der Waals surface area (Å²) in [5.74, 6) is 0. The number of hydrogen-bond donors (Lipinski definition) is 4. The zero-order chi connectivity index (χ0) is 14.3. The average molecular weight is 287 g/mol. The first-order valence-electron chi connectivity index (χ1n) is 6.14. The molecule has 1 aromatic rings. The molecule has 0 saturated heterocycles. The van der Waals surface area contributed by atoms with Crippen LogP contribution >= 0.6 is 11.6 Å². The highest BCUT2D eigenvalue weighted by Crippen LogP contribution is 2.26. The monoisotopic (exact) mass is 286 g/mol. The number of nitrogens with two attached hydrogens (primary N) is 1. The molecule has 1 heterocycles. The van der Waals surface area contributed by atoms with E-state index in [2.05, 4.69) is 15.6 Å². The van der Waals surface area contributed by atoms with Gasteiger partial charge in [0.15, 0.2) is 5.15 Å². The van der Waals surface area contributed by atoms with Crippen LogP contribution in [0.15, 0.2) is 12.3 Å². The summed E-state index contributed by atoms with van der Waals surface area (Å²) in [5.41, 5.74) is 7.04. The number of halogens is 1. The molecule has 0 aliphatic heterocycles. The van der Waals surface area contributed by atoms with Crippen molar-refractivity contribution in [2.45, 2.75) is 32.2 Å². The first kappa shape index (κ1) is 15.4. The number of nitrogen functional groups attached to an aromatic ring is 1. The summed E-state index contributed by atoms with van der Waals surface area (Å²) in [6, 6.07) is 1.88. The number of anilines is 2. The van der Waals surface area contributed by atoms with Crippen molar-refractivity contribution in [2.24, 2.45) is 0 Å². The van der Waals surface area contributed by atoms with Gasteiger partial charge in [0.25, 0.3) is 0 Å². The summed E-state index contributed by atoms with van der Waals surface area (Å²) < 4.78 is 0. The lowest BCUT2D eigenvalue weighted by Crippen LogP contribution is -2.22. The van der Waals surface area contributed by atoms with Crippen LogP contribution in [-0.4, -0.2) is 28.8 Å². The van der Waals surface area contributed by atoms with Crippen LogP contribution in [0.5, 0.6) is 0 Å². The zero-order valence-electron chi connectivity index (χ0n) is 10.8. The predicted molar refractivity (Wildman–Crippen MR) is 76.6 cm³/mol. The highest BCUT2D eigenvalue weighted by atomic mass is 35.5.